The Morgan fingerprint density at radius 2 is 2.16 bits per heavy atom. The Labute approximate surface area is 190 Å². The Morgan fingerprint density at radius 3 is 2.90 bits per heavy atom. The van der Waals surface area contributed by atoms with Crippen molar-refractivity contribution in [2.75, 3.05) is 13.1 Å². The van der Waals surface area contributed by atoms with Crippen molar-refractivity contribution in [2.45, 2.75) is 32.4 Å². The number of aromatic nitrogens is 2. The van der Waals surface area contributed by atoms with Crippen molar-refractivity contribution in [3.63, 3.8) is 0 Å². The van der Waals surface area contributed by atoms with E-state index in [1.54, 1.807) is 23.2 Å². The number of carbonyl (C=O) groups excluding carboxylic acids is 1. The normalized spacial score (nSPS) is 18.5. The average Bonchev–Trinajstić information content (AvgIpc) is 3.38. The van der Waals surface area contributed by atoms with Crippen molar-refractivity contribution < 1.29 is 13.2 Å². The van der Waals surface area contributed by atoms with Crippen LogP contribution in [0.1, 0.15) is 30.3 Å². The quantitative estimate of drug-likeness (QED) is 0.554. The van der Waals surface area contributed by atoms with Gasteiger partial charge in [-0.25, -0.2) is 8.42 Å². The number of aromatic amines is 1. The number of amides is 1. The van der Waals surface area contributed by atoms with Crippen LogP contribution in [-0.2, 0) is 21.4 Å². The van der Waals surface area contributed by atoms with Gasteiger partial charge in [0.1, 0.15) is 0 Å². The summed E-state index contributed by atoms with van der Waals surface area (Å²) in [7, 11) is -3.73. The number of halogens is 1. The van der Waals surface area contributed by atoms with Gasteiger partial charge in [-0.1, -0.05) is 24.9 Å². The molecule has 1 amide bonds. The van der Waals surface area contributed by atoms with Crippen LogP contribution in [0.3, 0.4) is 0 Å². The molecule has 4 rings (SSSR count). The average molecular weight is 479 g/mol. The van der Waals surface area contributed by atoms with E-state index in [0.29, 0.717) is 17.3 Å². The number of pyridine rings is 1. The van der Waals surface area contributed by atoms with Gasteiger partial charge in [0, 0.05) is 46.2 Å². The van der Waals surface area contributed by atoms with E-state index in [1.165, 1.54) is 21.7 Å². The van der Waals surface area contributed by atoms with E-state index < -0.39 is 10.0 Å². The Hall–Kier alpha value is -2.20. The summed E-state index contributed by atoms with van der Waals surface area (Å²) < 4.78 is 27.6. The minimum Gasteiger partial charge on any atom is -0.361 e. The summed E-state index contributed by atoms with van der Waals surface area (Å²) in [6.07, 6.45) is 6.64. The van der Waals surface area contributed by atoms with Crippen molar-refractivity contribution in [1.29, 1.82) is 0 Å². The summed E-state index contributed by atoms with van der Waals surface area (Å²) in [5.41, 5.74) is 1.77. The predicted molar refractivity (Wildman–Crippen MR) is 124 cm³/mol. The van der Waals surface area contributed by atoms with Gasteiger partial charge in [-0.05, 0) is 36.8 Å². The molecule has 0 unspecified atom stereocenters. The first-order valence-electron chi connectivity index (χ1n) is 10.0. The molecule has 0 aliphatic carbocycles. The fourth-order valence-corrected chi connectivity index (χ4v) is 6.03. The highest BCUT2D eigenvalue weighted by atomic mass is 35.5. The Bertz CT molecular complexity index is 1220. The molecule has 3 aromatic heterocycles. The molecule has 31 heavy (non-hydrogen) atoms. The van der Waals surface area contributed by atoms with E-state index in [9.17, 15) is 13.2 Å². The molecule has 0 saturated carbocycles. The van der Waals surface area contributed by atoms with Crippen molar-refractivity contribution >= 4 is 55.8 Å². The first kappa shape index (κ1) is 22.0. The van der Waals surface area contributed by atoms with Crippen molar-refractivity contribution in [2.24, 2.45) is 0 Å². The van der Waals surface area contributed by atoms with Crippen molar-refractivity contribution in [3.8, 4) is 0 Å². The first-order valence-corrected chi connectivity index (χ1v) is 12.7. The molecule has 0 bridgehead atoms. The lowest BCUT2D eigenvalue weighted by molar-refractivity contribution is -0.138. The Morgan fingerprint density at radius 1 is 1.32 bits per heavy atom. The highest BCUT2D eigenvalue weighted by molar-refractivity contribution is 7.92. The van der Waals surface area contributed by atoms with Crippen LogP contribution < -0.4 is 0 Å². The number of H-pyrrole nitrogens is 1. The summed E-state index contributed by atoms with van der Waals surface area (Å²) in [4.78, 5) is 23.2. The second kappa shape index (κ2) is 9.12. The van der Waals surface area contributed by atoms with Gasteiger partial charge in [0.05, 0.1) is 23.1 Å². The van der Waals surface area contributed by atoms with Crippen LogP contribution in [0.15, 0.2) is 42.1 Å². The summed E-state index contributed by atoms with van der Waals surface area (Å²) in [5.74, 6) is -0.213. The minimum atomic E-state index is -3.73. The number of thiophene rings is 1. The highest BCUT2D eigenvalue weighted by Gasteiger charge is 2.37. The van der Waals surface area contributed by atoms with E-state index in [0.717, 1.165) is 33.3 Å². The number of rotatable bonds is 7. The summed E-state index contributed by atoms with van der Waals surface area (Å²) in [6, 6.07) is 7.11. The van der Waals surface area contributed by atoms with Gasteiger partial charge in [-0.3, -0.25) is 9.78 Å². The third kappa shape index (κ3) is 4.85. The van der Waals surface area contributed by atoms with Crippen LogP contribution in [0.4, 0.5) is 0 Å². The lowest BCUT2D eigenvalue weighted by Crippen LogP contribution is -2.57. The smallest absolute Gasteiger partial charge is 0.238 e. The van der Waals surface area contributed by atoms with Crippen LogP contribution in [0, 0.1) is 0 Å². The number of nitrogens with one attached hydrogen (secondary N) is 1. The fourth-order valence-electron chi connectivity index (χ4n) is 3.82. The summed E-state index contributed by atoms with van der Waals surface area (Å²) in [6.45, 7) is 2.47. The van der Waals surface area contributed by atoms with Crippen LogP contribution >= 0.6 is 22.9 Å². The fraction of sp³-hybridized carbons (Fsp3) is 0.333. The molecule has 1 N–H and O–H groups in total. The maximum Gasteiger partial charge on any atom is 0.238 e. The molecular formula is C21H23ClN4O3S2. The standard InChI is InChI=1S/C21H23ClN4O3S2/c1-2-3-15-12-25(31(28,29)11-8-16-4-5-20(22)30-16)14-21(27)26(15)13-19-17-6-9-23-18(17)7-10-24-19/h4-11,15,23H,2-3,12-14H2,1H3/t15-/m0/s1. The van der Waals surface area contributed by atoms with Crippen molar-refractivity contribution in [1.82, 2.24) is 19.2 Å². The van der Waals surface area contributed by atoms with E-state index >= 15 is 0 Å². The minimum absolute atomic E-state index is 0.179. The zero-order chi connectivity index (χ0) is 22.0. The molecule has 3 aromatic rings. The third-order valence-corrected chi connectivity index (χ3v) is 8.02. The highest BCUT2D eigenvalue weighted by Crippen LogP contribution is 2.26. The largest absolute Gasteiger partial charge is 0.361 e. The molecule has 7 nitrogen and oxygen atoms in total. The van der Waals surface area contributed by atoms with Crippen LogP contribution in [0.25, 0.3) is 17.0 Å². The number of fused-ring (bicyclic) bond motifs is 1. The van der Waals surface area contributed by atoms with Crippen LogP contribution in [0.2, 0.25) is 4.34 Å². The van der Waals surface area contributed by atoms with Crippen LogP contribution in [-0.4, -0.2) is 52.6 Å². The number of sulfonamides is 1. The predicted octanol–water partition coefficient (Wildman–Crippen LogP) is 4.09. The van der Waals surface area contributed by atoms with Gasteiger partial charge in [-0.15, -0.1) is 11.3 Å². The molecule has 0 spiro atoms. The third-order valence-electron chi connectivity index (χ3n) is 5.35. The molecule has 4 heterocycles. The maximum atomic E-state index is 13.0. The van der Waals surface area contributed by atoms with E-state index in [1.807, 2.05) is 25.3 Å². The zero-order valence-electron chi connectivity index (χ0n) is 17.0. The molecule has 1 aliphatic heterocycles. The van der Waals surface area contributed by atoms with Crippen LogP contribution in [0.5, 0.6) is 0 Å². The second-order valence-corrected chi connectivity index (χ2v) is 11.0. The SMILES string of the molecule is CCC[C@H]1CN(S(=O)(=O)C=Cc2ccc(Cl)s2)CC(=O)N1Cc1nccc2[nH]ccc12. The number of carbonyl (C=O) groups is 1. The number of piperazine rings is 1. The number of hydrogen-bond donors (Lipinski definition) is 1. The second-order valence-electron chi connectivity index (χ2n) is 7.44. The molecule has 164 valence electrons. The Balaban J connectivity index is 1.54. The van der Waals surface area contributed by atoms with E-state index in [2.05, 4.69) is 9.97 Å². The molecule has 1 atom stereocenters. The van der Waals surface area contributed by atoms with Gasteiger partial charge >= 0.3 is 0 Å². The molecule has 0 radical (unpaired) electrons. The molecule has 1 saturated heterocycles. The van der Waals surface area contributed by atoms with Gasteiger partial charge in [0.25, 0.3) is 0 Å². The number of nitrogens with zero attached hydrogens (tertiary/aromatic N) is 3. The topological polar surface area (TPSA) is 86.4 Å². The lowest BCUT2D eigenvalue weighted by atomic mass is 10.1. The summed E-state index contributed by atoms with van der Waals surface area (Å²) in [5, 5.41) is 2.13. The maximum absolute atomic E-state index is 13.0. The van der Waals surface area contributed by atoms with Crippen molar-refractivity contribution in [3.05, 3.63) is 57.0 Å². The molecule has 1 fully saturated rings. The van der Waals surface area contributed by atoms with Gasteiger partial charge in [0.15, 0.2) is 0 Å². The molecular weight excluding hydrogens is 456 g/mol. The van der Waals surface area contributed by atoms with E-state index in [-0.39, 0.29) is 25.0 Å². The lowest BCUT2D eigenvalue weighted by Gasteiger charge is -2.40. The van der Waals surface area contributed by atoms with Gasteiger partial charge in [0.2, 0.25) is 15.9 Å². The van der Waals surface area contributed by atoms with Gasteiger partial charge < -0.3 is 9.88 Å². The van der Waals surface area contributed by atoms with E-state index in [4.69, 9.17) is 11.6 Å². The monoisotopic (exact) mass is 478 g/mol. The first-order chi connectivity index (χ1) is 14.9. The Kier molecular flexibility index (Phi) is 6.47. The molecule has 10 heteroatoms. The molecule has 0 aromatic carbocycles. The van der Waals surface area contributed by atoms with Gasteiger partial charge in [-0.2, -0.15) is 4.31 Å². The summed E-state index contributed by atoms with van der Waals surface area (Å²) >= 11 is 7.21. The number of hydrogen-bond acceptors (Lipinski definition) is 5. The zero-order valence-corrected chi connectivity index (χ0v) is 19.4. The molecule has 1 aliphatic rings.